The van der Waals surface area contributed by atoms with Crippen LogP contribution >= 0.6 is 0 Å². The third-order valence-corrected chi connectivity index (χ3v) is 2.02. The van der Waals surface area contributed by atoms with Crippen LogP contribution in [0, 0.1) is 0 Å². The zero-order valence-electron chi connectivity index (χ0n) is 9.03. The van der Waals surface area contributed by atoms with Crippen LogP contribution < -0.4 is 4.74 Å². The molecule has 0 aliphatic carbocycles. The molecule has 2 nitrogen and oxygen atoms in total. The summed E-state index contributed by atoms with van der Waals surface area (Å²) in [6.45, 7) is 6.33. The third kappa shape index (κ3) is 3.04. The molecule has 78 valence electrons. The van der Waals surface area contributed by atoms with Crippen LogP contribution in [0.4, 0.5) is 0 Å². The highest BCUT2D eigenvalue weighted by molar-refractivity contribution is 5.35. The first-order valence-corrected chi connectivity index (χ1v) is 5.01. The maximum atomic E-state index is 9.12. The molecule has 1 atom stereocenters. The van der Waals surface area contributed by atoms with E-state index in [0.29, 0.717) is 12.5 Å². The van der Waals surface area contributed by atoms with Gasteiger partial charge in [0.15, 0.2) is 0 Å². The predicted octanol–water partition coefficient (Wildman–Crippen LogP) is 2.57. The van der Waals surface area contributed by atoms with Crippen LogP contribution in [0.2, 0.25) is 0 Å². The third-order valence-electron chi connectivity index (χ3n) is 2.02. The van der Waals surface area contributed by atoms with Gasteiger partial charge < -0.3 is 9.84 Å². The summed E-state index contributed by atoms with van der Waals surface area (Å²) in [5.41, 5.74) is 1.19. The van der Waals surface area contributed by atoms with Gasteiger partial charge in [-0.3, -0.25) is 0 Å². The number of benzene rings is 1. The standard InChI is InChI=1S/C12H18O2/c1-9(2)11-6-4-5-7-12(11)14-8-10(3)13/h4-7,9-10,13H,8H2,1-3H3/t10-/m1/s1. The number of aliphatic hydroxyl groups is 1. The number of hydrogen-bond donors (Lipinski definition) is 1. The van der Waals surface area contributed by atoms with Crippen molar-refractivity contribution in [1.82, 2.24) is 0 Å². The Bertz CT molecular complexity index is 279. The van der Waals surface area contributed by atoms with E-state index in [2.05, 4.69) is 19.9 Å². The molecule has 1 aromatic carbocycles. The van der Waals surface area contributed by atoms with Crippen LogP contribution in [-0.4, -0.2) is 17.8 Å². The lowest BCUT2D eigenvalue weighted by atomic mass is 10.0. The maximum absolute atomic E-state index is 9.12. The molecule has 14 heavy (non-hydrogen) atoms. The lowest BCUT2D eigenvalue weighted by Gasteiger charge is -2.14. The predicted molar refractivity (Wildman–Crippen MR) is 57.7 cm³/mol. The van der Waals surface area contributed by atoms with Crippen molar-refractivity contribution in [3.63, 3.8) is 0 Å². The number of rotatable bonds is 4. The van der Waals surface area contributed by atoms with Gasteiger partial charge in [0.05, 0.1) is 6.10 Å². The summed E-state index contributed by atoms with van der Waals surface area (Å²) >= 11 is 0. The molecular formula is C12H18O2. The van der Waals surface area contributed by atoms with Gasteiger partial charge >= 0.3 is 0 Å². The molecule has 1 N–H and O–H groups in total. The van der Waals surface area contributed by atoms with Gasteiger partial charge in [0.2, 0.25) is 0 Å². The molecule has 0 radical (unpaired) electrons. The molecule has 0 saturated carbocycles. The van der Waals surface area contributed by atoms with Crippen LogP contribution in [-0.2, 0) is 0 Å². The SMILES string of the molecule is CC(C)c1ccccc1OC[C@@H](C)O. The fourth-order valence-corrected chi connectivity index (χ4v) is 1.30. The summed E-state index contributed by atoms with van der Waals surface area (Å²) in [6, 6.07) is 7.95. The molecule has 0 aliphatic heterocycles. The molecule has 0 unspecified atom stereocenters. The number of para-hydroxylation sites is 1. The van der Waals surface area contributed by atoms with Crippen molar-refractivity contribution in [2.24, 2.45) is 0 Å². The lowest BCUT2D eigenvalue weighted by Crippen LogP contribution is -2.13. The average molecular weight is 194 g/mol. The minimum absolute atomic E-state index is 0.351. The van der Waals surface area contributed by atoms with Gasteiger partial charge in [0.25, 0.3) is 0 Å². The van der Waals surface area contributed by atoms with Crippen molar-refractivity contribution >= 4 is 0 Å². The fourth-order valence-electron chi connectivity index (χ4n) is 1.30. The summed E-state index contributed by atoms with van der Waals surface area (Å²) in [5, 5.41) is 9.12. The highest BCUT2D eigenvalue weighted by atomic mass is 16.5. The van der Waals surface area contributed by atoms with E-state index in [4.69, 9.17) is 9.84 Å². The van der Waals surface area contributed by atoms with Gasteiger partial charge in [-0.25, -0.2) is 0 Å². The number of hydrogen-bond acceptors (Lipinski definition) is 2. The van der Waals surface area contributed by atoms with Gasteiger partial charge in [0, 0.05) is 0 Å². The Morgan fingerprint density at radius 2 is 1.86 bits per heavy atom. The topological polar surface area (TPSA) is 29.5 Å². The second-order valence-electron chi connectivity index (χ2n) is 3.85. The molecular weight excluding hydrogens is 176 g/mol. The summed E-state index contributed by atoms with van der Waals surface area (Å²) in [6.07, 6.45) is -0.421. The van der Waals surface area contributed by atoms with Crippen LogP contribution in [0.3, 0.4) is 0 Å². The van der Waals surface area contributed by atoms with Gasteiger partial charge in [-0.05, 0) is 24.5 Å². The molecule has 0 bridgehead atoms. The van der Waals surface area contributed by atoms with Crippen molar-refractivity contribution in [3.8, 4) is 5.75 Å². The highest BCUT2D eigenvalue weighted by Crippen LogP contribution is 2.25. The Labute approximate surface area is 85.5 Å². The van der Waals surface area contributed by atoms with E-state index < -0.39 is 6.10 Å². The Morgan fingerprint density at radius 3 is 2.43 bits per heavy atom. The van der Waals surface area contributed by atoms with E-state index in [1.54, 1.807) is 6.92 Å². The zero-order valence-corrected chi connectivity index (χ0v) is 9.03. The van der Waals surface area contributed by atoms with E-state index in [-0.39, 0.29) is 0 Å². The summed E-state index contributed by atoms with van der Waals surface area (Å²) < 4.78 is 5.51. The first-order valence-electron chi connectivity index (χ1n) is 5.01. The minimum atomic E-state index is -0.421. The Hall–Kier alpha value is -1.02. The molecule has 1 aromatic rings. The monoisotopic (exact) mass is 194 g/mol. The van der Waals surface area contributed by atoms with E-state index >= 15 is 0 Å². The molecule has 0 aliphatic rings. The first kappa shape index (κ1) is 11.1. The Morgan fingerprint density at radius 1 is 1.21 bits per heavy atom. The largest absolute Gasteiger partial charge is 0.491 e. The molecule has 0 aromatic heterocycles. The van der Waals surface area contributed by atoms with Crippen molar-refractivity contribution in [3.05, 3.63) is 29.8 Å². The van der Waals surface area contributed by atoms with E-state index in [1.165, 1.54) is 5.56 Å². The van der Waals surface area contributed by atoms with Crippen LogP contribution in [0.5, 0.6) is 5.75 Å². The normalized spacial score (nSPS) is 12.9. The number of ether oxygens (including phenoxy) is 1. The summed E-state index contributed by atoms with van der Waals surface area (Å²) in [7, 11) is 0. The maximum Gasteiger partial charge on any atom is 0.122 e. The molecule has 0 fully saturated rings. The smallest absolute Gasteiger partial charge is 0.122 e. The van der Waals surface area contributed by atoms with E-state index in [0.717, 1.165) is 5.75 Å². The molecule has 0 saturated heterocycles. The fraction of sp³-hybridized carbons (Fsp3) is 0.500. The van der Waals surface area contributed by atoms with Gasteiger partial charge in [0.1, 0.15) is 12.4 Å². The van der Waals surface area contributed by atoms with E-state index in [9.17, 15) is 0 Å². The average Bonchev–Trinajstić information content (AvgIpc) is 2.15. The summed E-state index contributed by atoms with van der Waals surface area (Å²) in [5.74, 6) is 1.32. The quantitative estimate of drug-likeness (QED) is 0.798. The molecule has 0 amide bonds. The second-order valence-corrected chi connectivity index (χ2v) is 3.85. The van der Waals surface area contributed by atoms with E-state index in [1.807, 2.05) is 18.2 Å². The second kappa shape index (κ2) is 5.01. The van der Waals surface area contributed by atoms with Crippen molar-refractivity contribution in [1.29, 1.82) is 0 Å². The minimum Gasteiger partial charge on any atom is -0.491 e. The highest BCUT2D eigenvalue weighted by Gasteiger charge is 2.07. The molecule has 1 rings (SSSR count). The lowest BCUT2D eigenvalue weighted by molar-refractivity contribution is 0.122. The number of aliphatic hydroxyl groups excluding tert-OH is 1. The first-order chi connectivity index (χ1) is 6.61. The van der Waals surface area contributed by atoms with Crippen molar-refractivity contribution in [2.45, 2.75) is 32.8 Å². The van der Waals surface area contributed by atoms with Crippen molar-refractivity contribution < 1.29 is 9.84 Å². The molecule has 2 heteroatoms. The van der Waals surface area contributed by atoms with Crippen molar-refractivity contribution in [2.75, 3.05) is 6.61 Å². The van der Waals surface area contributed by atoms with Crippen LogP contribution in [0.25, 0.3) is 0 Å². The Balaban J connectivity index is 2.74. The Kier molecular flexibility index (Phi) is 3.96. The zero-order chi connectivity index (χ0) is 10.6. The van der Waals surface area contributed by atoms with Crippen LogP contribution in [0.1, 0.15) is 32.3 Å². The van der Waals surface area contributed by atoms with Gasteiger partial charge in [-0.15, -0.1) is 0 Å². The van der Waals surface area contributed by atoms with Gasteiger partial charge in [-0.1, -0.05) is 32.0 Å². The molecule has 0 spiro atoms. The summed E-state index contributed by atoms with van der Waals surface area (Å²) in [4.78, 5) is 0. The van der Waals surface area contributed by atoms with Crippen LogP contribution in [0.15, 0.2) is 24.3 Å². The molecule has 0 heterocycles. The van der Waals surface area contributed by atoms with Gasteiger partial charge in [-0.2, -0.15) is 0 Å².